The van der Waals surface area contributed by atoms with Crippen LogP contribution in [0.2, 0.25) is 0 Å². The van der Waals surface area contributed by atoms with Gasteiger partial charge in [-0.15, -0.1) is 11.3 Å². The van der Waals surface area contributed by atoms with Crippen molar-refractivity contribution in [2.75, 3.05) is 33.7 Å². The van der Waals surface area contributed by atoms with E-state index in [1.165, 1.54) is 11.3 Å². The van der Waals surface area contributed by atoms with Crippen LogP contribution in [0.25, 0.3) is 0 Å². The van der Waals surface area contributed by atoms with Gasteiger partial charge in [-0.1, -0.05) is 6.07 Å². The van der Waals surface area contributed by atoms with Crippen LogP contribution in [0.4, 0.5) is 4.79 Å². The second-order valence-electron chi connectivity index (χ2n) is 6.94. The lowest BCUT2D eigenvalue weighted by atomic mass is 9.90. The number of likely N-dealkylation sites (tertiary alicyclic amines) is 1. The van der Waals surface area contributed by atoms with Crippen molar-refractivity contribution in [3.05, 3.63) is 22.4 Å². The lowest BCUT2D eigenvalue weighted by Gasteiger charge is -2.39. The van der Waals surface area contributed by atoms with Crippen molar-refractivity contribution in [2.24, 2.45) is 0 Å². The fourth-order valence-corrected chi connectivity index (χ4v) is 4.36. The van der Waals surface area contributed by atoms with E-state index in [4.69, 9.17) is 4.74 Å². The summed E-state index contributed by atoms with van der Waals surface area (Å²) in [5.74, 6) is 0. The van der Waals surface area contributed by atoms with Gasteiger partial charge in [0.15, 0.2) is 0 Å². The van der Waals surface area contributed by atoms with Crippen LogP contribution in [0.5, 0.6) is 0 Å². The third-order valence-corrected chi connectivity index (χ3v) is 5.68. The predicted octanol–water partition coefficient (Wildman–Crippen LogP) is 2.53. The van der Waals surface area contributed by atoms with Crippen LogP contribution in [0.15, 0.2) is 17.5 Å². The van der Waals surface area contributed by atoms with Gasteiger partial charge in [-0.05, 0) is 37.1 Å². The number of urea groups is 1. The molecule has 128 valence electrons. The first-order valence-corrected chi connectivity index (χ1v) is 9.32. The molecule has 0 aliphatic carbocycles. The predicted molar refractivity (Wildman–Crippen MR) is 92.8 cm³/mol. The lowest BCUT2D eigenvalue weighted by molar-refractivity contribution is -0.118. The highest BCUT2D eigenvalue weighted by Crippen LogP contribution is 2.37. The Bertz CT molecular complexity index is 520. The minimum absolute atomic E-state index is 0.00300. The molecule has 2 aliphatic heterocycles. The monoisotopic (exact) mass is 337 g/mol. The Morgan fingerprint density at radius 3 is 3.13 bits per heavy atom. The summed E-state index contributed by atoms with van der Waals surface area (Å²) < 4.78 is 6.44. The smallest absolute Gasteiger partial charge is 0.316 e. The summed E-state index contributed by atoms with van der Waals surface area (Å²) in [4.78, 5) is 17.2. The summed E-state index contributed by atoms with van der Waals surface area (Å²) in [6.45, 7) is 3.77. The molecule has 6 heteroatoms. The molecule has 0 saturated carbocycles. The number of hydrogen-bond acceptors (Lipinski definition) is 4. The quantitative estimate of drug-likeness (QED) is 0.918. The topological polar surface area (TPSA) is 44.8 Å². The third kappa shape index (κ3) is 4.25. The van der Waals surface area contributed by atoms with E-state index < -0.39 is 0 Å². The van der Waals surface area contributed by atoms with E-state index in [9.17, 15) is 4.79 Å². The van der Waals surface area contributed by atoms with Gasteiger partial charge in [0.1, 0.15) is 0 Å². The van der Waals surface area contributed by atoms with E-state index in [0.29, 0.717) is 6.54 Å². The van der Waals surface area contributed by atoms with Gasteiger partial charge >= 0.3 is 6.03 Å². The average molecular weight is 337 g/mol. The average Bonchev–Trinajstić information content (AvgIpc) is 3.16. The highest BCUT2D eigenvalue weighted by atomic mass is 32.1. The Labute approximate surface area is 142 Å². The van der Waals surface area contributed by atoms with Crippen molar-refractivity contribution < 1.29 is 9.53 Å². The Morgan fingerprint density at radius 1 is 1.52 bits per heavy atom. The van der Waals surface area contributed by atoms with Gasteiger partial charge in [0.05, 0.1) is 11.7 Å². The molecule has 2 atom stereocenters. The second kappa shape index (κ2) is 7.20. The first-order chi connectivity index (χ1) is 11.1. The van der Waals surface area contributed by atoms with Crippen LogP contribution >= 0.6 is 11.3 Å². The van der Waals surface area contributed by atoms with E-state index in [1.54, 1.807) is 19.0 Å². The van der Waals surface area contributed by atoms with Gasteiger partial charge < -0.3 is 15.0 Å². The first-order valence-electron chi connectivity index (χ1n) is 8.44. The molecule has 1 aromatic heterocycles. The zero-order valence-corrected chi connectivity index (χ0v) is 14.9. The third-order valence-electron chi connectivity index (χ3n) is 4.82. The number of ether oxygens (including phenoxy) is 1. The molecule has 0 unspecified atom stereocenters. The van der Waals surface area contributed by atoms with Crippen molar-refractivity contribution in [3.63, 3.8) is 0 Å². The normalized spacial score (nSPS) is 28.2. The van der Waals surface area contributed by atoms with E-state index >= 15 is 0 Å². The standard InChI is InChI=1S/C17H27N3O2S/c1-19(2)16(21)18-11-14-5-3-7-17(22-14)8-9-20(13-17)12-15-6-4-10-23-15/h4,6,10,14H,3,5,7-9,11-13H2,1-2H3,(H,18,21)/t14-,17-/m0/s1. The van der Waals surface area contributed by atoms with E-state index in [2.05, 4.69) is 27.7 Å². The van der Waals surface area contributed by atoms with Crippen LogP contribution < -0.4 is 5.32 Å². The molecule has 2 aliphatic rings. The maximum absolute atomic E-state index is 11.7. The Kier molecular flexibility index (Phi) is 5.24. The molecule has 5 nitrogen and oxygen atoms in total. The van der Waals surface area contributed by atoms with Gasteiger partial charge in [0, 0.05) is 45.2 Å². The van der Waals surface area contributed by atoms with Crippen molar-refractivity contribution in [2.45, 2.75) is 43.9 Å². The summed E-state index contributed by atoms with van der Waals surface area (Å²) in [6.07, 6.45) is 4.63. The fourth-order valence-electron chi connectivity index (χ4n) is 3.61. The molecule has 1 spiro atoms. The van der Waals surface area contributed by atoms with E-state index in [0.717, 1.165) is 38.9 Å². The zero-order valence-electron chi connectivity index (χ0n) is 14.1. The fraction of sp³-hybridized carbons (Fsp3) is 0.706. The number of amides is 2. The zero-order chi connectivity index (χ0) is 16.3. The summed E-state index contributed by atoms with van der Waals surface area (Å²) in [7, 11) is 3.52. The highest BCUT2D eigenvalue weighted by molar-refractivity contribution is 7.09. The molecule has 3 rings (SSSR count). The molecular formula is C17H27N3O2S. The number of rotatable bonds is 4. The minimum Gasteiger partial charge on any atom is -0.369 e. The summed E-state index contributed by atoms with van der Waals surface area (Å²) in [5.41, 5.74) is 0.00300. The second-order valence-corrected chi connectivity index (χ2v) is 7.97. The van der Waals surface area contributed by atoms with Crippen LogP contribution in [-0.4, -0.2) is 61.3 Å². The summed E-state index contributed by atoms with van der Waals surface area (Å²) >= 11 is 1.82. The van der Waals surface area contributed by atoms with Crippen molar-refractivity contribution in [1.82, 2.24) is 15.1 Å². The molecule has 1 aromatic rings. The molecule has 23 heavy (non-hydrogen) atoms. The highest BCUT2D eigenvalue weighted by Gasteiger charge is 2.42. The molecule has 0 radical (unpaired) electrons. The molecule has 0 bridgehead atoms. The molecular weight excluding hydrogens is 310 g/mol. The molecule has 2 fully saturated rings. The number of nitrogens with one attached hydrogen (secondary N) is 1. The number of carbonyl (C=O) groups is 1. The molecule has 1 N–H and O–H groups in total. The Morgan fingerprint density at radius 2 is 2.39 bits per heavy atom. The van der Waals surface area contributed by atoms with Crippen molar-refractivity contribution in [1.29, 1.82) is 0 Å². The number of nitrogens with zero attached hydrogens (tertiary/aromatic N) is 2. The molecule has 2 amide bonds. The van der Waals surface area contributed by atoms with E-state index in [-0.39, 0.29) is 17.7 Å². The number of hydrogen-bond donors (Lipinski definition) is 1. The van der Waals surface area contributed by atoms with Gasteiger partial charge in [-0.2, -0.15) is 0 Å². The molecule has 0 aromatic carbocycles. The number of carbonyl (C=O) groups excluding carboxylic acids is 1. The minimum atomic E-state index is -0.0426. The van der Waals surface area contributed by atoms with Gasteiger partial charge in [-0.3, -0.25) is 4.90 Å². The maximum Gasteiger partial charge on any atom is 0.316 e. The van der Waals surface area contributed by atoms with Crippen LogP contribution in [0.1, 0.15) is 30.6 Å². The van der Waals surface area contributed by atoms with Crippen LogP contribution in [0, 0.1) is 0 Å². The maximum atomic E-state index is 11.7. The van der Waals surface area contributed by atoms with Crippen LogP contribution in [0.3, 0.4) is 0 Å². The van der Waals surface area contributed by atoms with E-state index in [1.807, 2.05) is 11.3 Å². The Hall–Kier alpha value is -1.11. The van der Waals surface area contributed by atoms with Gasteiger partial charge in [0.2, 0.25) is 0 Å². The van der Waals surface area contributed by atoms with Crippen molar-refractivity contribution in [3.8, 4) is 0 Å². The molecule has 2 saturated heterocycles. The largest absolute Gasteiger partial charge is 0.369 e. The summed E-state index contributed by atoms with van der Waals surface area (Å²) in [5, 5.41) is 5.10. The Balaban J connectivity index is 1.50. The van der Waals surface area contributed by atoms with Crippen molar-refractivity contribution >= 4 is 17.4 Å². The number of thiophene rings is 1. The lowest BCUT2D eigenvalue weighted by Crippen LogP contribution is -2.48. The van der Waals surface area contributed by atoms with Crippen LogP contribution in [-0.2, 0) is 11.3 Å². The SMILES string of the molecule is CN(C)C(=O)NC[C@@H]1CCC[C@@]2(CCN(Cc3cccs3)C2)O1. The first kappa shape index (κ1) is 16.7. The van der Waals surface area contributed by atoms with Gasteiger partial charge in [-0.25, -0.2) is 4.79 Å². The summed E-state index contributed by atoms with van der Waals surface area (Å²) in [6, 6.07) is 4.28. The molecule has 3 heterocycles. The van der Waals surface area contributed by atoms with Gasteiger partial charge in [0.25, 0.3) is 0 Å².